The molecule has 2 rings (SSSR count). The molecular formula is C14H20FN. The Labute approximate surface area is 96.9 Å². The average Bonchev–Trinajstić information content (AvgIpc) is 2.57. The van der Waals surface area contributed by atoms with Crippen LogP contribution < -0.4 is 5.73 Å². The topological polar surface area (TPSA) is 26.0 Å². The fourth-order valence-electron chi connectivity index (χ4n) is 2.70. The second kappa shape index (κ2) is 4.54. The quantitative estimate of drug-likeness (QED) is 0.774. The summed E-state index contributed by atoms with van der Waals surface area (Å²) < 4.78 is 13.1. The van der Waals surface area contributed by atoms with Gasteiger partial charge in [0, 0.05) is 5.54 Å². The van der Waals surface area contributed by atoms with Crippen molar-refractivity contribution in [3.8, 4) is 0 Å². The van der Waals surface area contributed by atoms with E-state index in [4.69, 9.17) is 5.73 Å². The van der Waals surface area contributed by atoms with E-state index in [-0.39, 0.29) is 11.4 Å². The largest absolute Gasteiger partial charge is 0.321 e. The first-order chi connectivity index (χ1) is 7.65. The van der Waals surface area contributed by atoms with E-state index in [0.717, 1.165) is 24.8 Å². The lowest BCUT2D eigenvalue weighted by atomic mass is 9.87. The fraction of sp³-hybridized carbons (Fsp3) is 0.571. The van der Waals surface area contributed by atoms with Crippen LogP contribution in [0.1, 0.15) is 50.2 Å². The summed E-state index contributed by atoms with van der Waals surface area (Å²) in [6, 6.07) is 5.05. The van der Waals surface area contributed by atoms with Crippen LogP contribution in [0, 0.1) is 5.82 Å². The highest BCUT2D eigenvalue weighted by molar-refractivity contribution is 5.38. The van der Waals surface area contributed by atoms with Gasteiger partial charge in [-0.2, -0.15) is 0 Å². The van der Waals surface area contributed by atoms with Crippen molar-refractivity contribution in [1.29, 1.82) is 0 Å². The zero-order chi connectivity index (χ0) is 11.6. The molecule has 1 aromatic rings. The summed E-state index contributed by atoms with van der Waals surface area (Å²) in [5.74, 6) is -0.142. The summed E-state index contributed by atoms with van der Waals surface area (Å²) >= 11 is 0. The van der Waals surface area contributed by atoms with E-state index >= 15 is 0 Å². The van der Waals surface area contributed by atoms with Crippen molar-refractivity contribution in [2.24, 2.45) is 5.73 Å². The Morgan fingerprint density at radius 1 is 1.38 bits per heavy atom. The molecule has 16 heavy (non-hydrogen) atoms. The second-order valence-electron chi connectivity index (χ2n) is 4.91. The molecule has 2 N–H and O–H groups in total. The van der Waals surface area contributed by atoms with E-state index in [9.17, 15) is 4.39 Å². The van der Waals surface area contributed by atoms with Crippen molar-refractivity contribution in [3.05, 3.63) is 35.1 Å². The highest BCUT2D eigenvalue weighted by atomic mass is 19.1. The lowest BCUT2D eigenvalue weighted by molar-refractivity contribution is 0.387. The second-order valence-corrected chi connectivity index (χ2v) is 4.91. The molecule has 0 fully saturated rings. The molecule has 1 aliphatic carbocycles. The number of hydrogen-bond donors (Lipinski definition) is 1. The maximum absolute atomic E-state index is 13.1. The van der Waals surface area contributed by atoms with Gasteiger partial charge in [0.05, 0.1) is 0 Å². The Bertz CT molecular complexity index is 375. The molecule has 1 aromatic carbocycles. The molecule has 1 aliphatic rings. The van der Waals surface area contributed by atoms with Crippen molar-refractivity contribution < 1.29 is 4.39 Å². The van der Waals surface area contributed by atoms with Gasteiger partial charge in [-0.1, -0.05) is 32.3 Å². The summed E-state index contributed by atoms with van der Waals surface area (Å²) in [4.78, 5) is 0. The third-order valence-corrected chi connectivity index (χ3v) is 3.67. The molecule has 1 nitrogen and oxygen atoms in total. The van der Waals surface area contributed by atoms with Crippen molar-refractivity contribution in [2.45, 2.75) is 51.0 Å². The van der Waals surface area contributed by atoms with Gasteiger partial charge in [-0.3, -0.25) is 0 Å². The van der Waals surface area contributed by atoms with E-state index in [2.05, 4.69) is 6.92 Å². The zero-order valence-corrected chi connectivity index (χ0v) is 9.93. The summed E-state index contributed by atoms with van der Waals surface area (Å²) in [6.07, 6.45) is 6.54. The number of hydrogen-bond acceptors (Lipinski definition) is 1. The van der Waals surface area contributed by atoms with E-state index in [0.29, 0.717) is 0 Å². The van der Waals surface area contributed by atoms with E-state index in [1.165, 1.54) is 30.9 Å². The standard InChI is InChI=1S/C14H20FN/c1-2-3-4-8-14(16)9-7-11-10-12(15)5-6-13(11)14/h5-6,10H,2-4,7-9,16H2,1H3. The molecule has 0 spiro atoms. The van der Waals surface area contributed by atoms with Crippen LogP contribution in [0.4, 0.5) is 4.39 Å². The Morgan fingerprint density at radius 2 is 2.19 bits per heavy atom. The number of nitrogens with two attached hydrogens (primary N) is 1. The van der Waals surface area contributed by atoms with E-state index in [1.807, 2.05) is 6.07 Å². The number of halogens is 1. The van der Waals surface area contributed by atoms with Crippen LogP contribution in [0.2, 0.25) is 0 Å². The Balaban J connectivity index is 2.15. The normalized spacial score (nSPS) is 23.4. The van der Waals surface area contributed by atoms with Gasteiger partial charge in [-0.15, -0.1) is 0 Å². The summed E-state index contributed by atoms with van der Waals surface area (Å²) in [5.41, 5.74) is 8.52. The predicted octanol–water partition coefficient (Wildman–Crippen LogP) is 3.51. The van der Waals surface area contributed by atoms with Crippen LogP contribution in [-0.2, 0) is 12.0 Å². The van der Waals surface area contributed by atoms with Gasteiger partial charge in [0.15, 0.2) is 0 Å². The minimum absolute atomic E-state index is 0.142. The maximum atomic E-state index is 13.1. The van der Waals surface area contributed by atoms with Crippen molar-refractivity contribution in [1.82, 2.24) is 0 Å². The van der Waals surface area contributed by atoms with Crippen molar-refractivity contribution in [2.75, 3.05) is 0 Å². The Morgan fingerprint density at radius 3 is 2.94 bits per heavy atom. The minimum atomic E-state index is -0.196. The summed E-state index contributed by atoms with van der Waals surface area (Å²) in [5, 5.41) is 0. The van der Waals surface area contributed by atoms with Crippen LogP contribution in [0.25, 0.3) is 0 Å². The third-order valence-electron chi connectivity index (χ3n) is 3.67. The predicted molar refractivity (Wildman–Crippen MR) is 64.7 cm³/mol. The molecule has 0 radical (unpaired) electrons. The zero-order valence-electron chi connectivity index (χ0n) is 9.93. The van der Waals surface area contributed by atoms with Crippen LogP contribution in [0.3, 0.4) is 0 Å². The first kappa shape index (κ1) is 11.6. The molecule has 2 heteroatoms. The Kier molecular flexibility index (Phi) is 3.29. The molecule has 88 valence electrons. The van der Waals surface area contributed by atoms with Gasteiger partial charge < -0.3 is 5.73 Å². The maximum Gasteiger partial charge on any atom is 0.123 e. The van der Waals surface area contributed by atoms with Crippen LogP contribution in [0.15, 0.2) is 18.2 Å². The monoisotopic (exact) mass is 221 g/mol. The molecule has 0 aliphatic heterocycles. The van der Waals surface area contributed by atoms with Crippen LogP contribution in [0.5, 0.6) is 0 Å². The van der Waals surface area contributed by atoms with Gasteiger partial charge in [0.1, 0.15) is 5.82 Å². The van der Waals surface area contributed by atoms with Crippen LogP contribution in [-0.4, -0.2) is 0 Å². The van der Waals surface area contributed by atoms with E-state index < -0.39 is 0 Å². The number of rotatable bonds is 4. The molecule has 1 atom stereocenters. The first-order valence-corrected chi connectivity index (χ1v) is 6.23. The lowest BCUT2D eigenvalue weighted by Crippen LogP contribution is -2.33. The molecule has 0 amide bonds. The minimum Gasteiger partial charge on any atom is -0.321 e. The number of aryl methyl sites for hydroxylation is 1. The summed E-state index contributed by atoms with van der Waals surface area (Å²) in [7, 11) is 0. The van der Waals surface area contributed by atoms with Crippen LogP contribution >= 0.6 is 0 Å². The third kappa shape index (κ3) is 2.12. The molecular weight excluding hydrogens is 201 g/mol. The molecule has 1 unspecified atom stereocenters. The number of unbranched alkanes of at least 4 members (excludes halogenated alkanes) is 2. The van der Waals surface area contributed by atoms with Crippen molar-refractivity contribution in [3.63, 3.8) is 0 Å². The SMILES string of the molecule is CCCCCC1(N)CCc2cc(F)ccc21. The molecule has 0 saturated heterocycles. The fourth-order valence-corrected chi connectivity index (χ4v) is 2.70. The summed E-state index contributed by atoms with van der Waals surface area (Å²) in [6.45, 7) is 2.20. The van der Waals surface area contributed by atoms with Gasteiger partial charge in [-0.05, 0) is 42.5 Å². The van der Waals surface area contributed by atoms with Gasteiger partial charge in [0.25, 0.3) is 0 Å². The number of benzene rings is 1. The molecule has 0 aromatic heterocycles. The first-order valence-electron chi connectivity index (χ1n) is 6.23. The highest BCUT2D eigenvalue weighted by Gasteiger charge is 2.34. The number of fused-ring (bicyclic) bond motifs is 1. The smallest absolute Gasteiger partial charge is 0.123 e. The molecule has 0 saturated carbocycles. The highest BCUT2D eigenvalue weighted by Crippen LogP contribution is 2.38. The lowest BCUT2D eigenvalue weighted by Gasteiger charge is -2.25. The Hall–Kier alpha value is -0.890. The average molecular weight is 221 g/mol. The van der Waals surface area contributed by atoms with Crippen molar-refractivity contribution >= 4 is 0 Å². The van der Waals surface area contributed by atoms with Gasteiger partial charge in [-0.25, -0.2) is 4.39 Å². The van der Waals surface area contributed by atoms with Gasteiger partial charge >= 0.3 is 0 Å². The van der Waals surface area contributed by atoms with E-state index in [1.54, 1.807) is 6.07 Å². The van der Waals surface area contributed by atoms with Gasteiger partial charge in [0.2, 0.25) is 0 Å². The molecule has 0 bridgehead atoms. The molecule has 0 heterocycles.